The monoisotopic (exact) mass is 394 g/mol. The highest BCUT2D eigenvalue weighted by Gasteiger charge is 2.20. The van der Waals surface area contributed by atoms with Crippen LogP contribution in [0.4, 0.5) is 4.39 Å². The molecule has 0 atom stereocenters. The summed E-state index contributed by atoms with van der Waals surface area (Å²) in [4.78, 5) is 14.2. The molecule has 2 aromatic rings. The largest absolute Gasteiger partial charge is 0.383 e. The lowest BCUT2D eigenvalue weighted by Crippen LogP contribution is -2.29. The number of methoxy groups -OCH3 is 1. The molecule has 146 valence electrons. The Kier molecular flexibility index (Phi) is 7.06. The van der Waals surface area contributed by atoms with Crippen LogP contribution in [0, 0.1) is 12.7 Å². The Morgan fingerprint density at radius 3 is 2.63 bits per heavy atom. The van der Waals surface area contributed by atoms with E-state index in [9.17, 15) is 17.6 Å². The molecule has 0 bridgehead atoms. The Hall–Kier alpha value is -2.29. The van der Waals surface area contributed by atoms with Crippen LogP contribution < -0.4 is 4.72 Å². The SMILES string of the molecule is COCCNS(=O)(=O)c1ccc(C)c(C(=O)N(C)Cc2cccc(F)c2)c1. The summed E-state index contributed by atoms with van der Waals surface area (Å²) >= 11 is 0. The van der Waals surface area contributed by atoms with Gasteiger partial charge in [0.25, 0.3) is 5.91 Å². The number of aryl methyl sites for hydroxylation is 1. The van der Waals surface area contributed by atoms with Gasteiger partial charge in [0.05, 0.1) is 11.5 Å². The fourth-order valence-corrected chi connectivity index (χ4v) is 3.59. The number of sulfonamides is 1. The van der Waals surface area contributed by atoms with Crippen molar-refractivity contribution in [3.05, 3.63) is 65.0 Å². The van der Waals surface area contributed by atoms with E-state index in [1.54, 1.807) is 32.2 Å². The average Bonchev–Trinajstić information content (AvgIpc) is 2.61. The zero-order chi connectivity index (χ0) is 20.0. The van der Waals surface area contributed by atoms with Crippen molar-refractivity contribution >= 4 is 15.9 Å². The van der Waals surface area contributed by atoms with Crippen molar-refractivity contribution in [2.75, 3.05) is 27.3 Å². The van der Waals surface area contributed by atoms with Gasteiger partial charge in [0.2, 0.25) is 10.0 Å². The molecule has 0 aliphatic rings. The van der Waals surface area contributed by atoms with Gasteiger partial charge in [-0.15, -0.1) is 0 Å². The third kappa shape index (κ3) is 5.59. The fourth-order valence-electron chi connectivity index (χ4n) is 2.55. The summed E-state index contributed by atoms with van der Waals surface area (Å²) < 4.78 is 45.3. The van der Waals surface area contributed by atoms with Gasteiger partial charge in [0.1, 0.15) is 5.82 Å². The molecular weight excluding hydrogens is 371 g/mol. The lowest BCUT2D eigenvalue weighted by Gasteiger charge is -2.19. The maximum atomic E-state index is 13.3. The molecule has 1 N–H and O–H groups in total. The van der Waals surface area contributed by atoms with Crippen molar-refractivity contribution in [3.8, 4) is 0 Å². The highest BCUT2D eigenvalue weighted by atomic mass is 32.2. The van der Waals surface area contributed by atoms with E-state index in [0.29, 0.717) is 11.1 Å². The molecule has 0 fully saturated rings. The Morgan fingerprint density at radius 2 is 1.96 bits per heavy atom. The Morgan fingerprint density at radius 1 is 1.22 bits per heavy atom. The number of nitrogens with zero attached hydrogens (tertiary/aromatic N) is 1. The molecule has 0 unspecified atom stereocenters. The second-order valence-electron chi connectivity index (χ2n) is 6.16. The van der Waals surface area contributed by atoms with Crippen LogP contribution in [0.15, 0.2) is 47.4 Å². The van der Waals surface area contributed by atoms with E-state index < -0.39 is 10.0 Å². The van der Waals surface area contributed by atoms with Crippen molar-refractivity contribution in [1.82, 2.24) is 9.62 Å². The highest BCUT2D eigenvalue weighted by molar-refractivity contribution is 7.89. The number of benzene rings is 2. The first-order chi connectivity index (χ1) is 12.7. The maximum Gasteiger partial charge on any atom is 0.254 e. The van der Waals surface area contributed by atoms with Gasteiger partial charge in [-0.05, 0) is 42.3 Å². The van der Waals surface area contributed by atoms with Crippen LogP contribution >= 0.6 is 0 Å². The molecule has 0 heterocycles. The molecule has 0 aliphatic heterocycles. The van der Waals surface area contributed by atoms with Crippen molar-refractivity contribution in [2.45, 2.75) is 18.4 Å². The van der Waals surface area contributed by atoms with Crippen molar-refractivity contribution in [3.63, 3.8) is 0 Å². The molecule has 6 nitrogen and oxygen atoms in total. The van der Waals surface area contributed by atoms with Crippen LogP contribution in [-0.2, 0) is 21.3 Å². The van der Waals surface area contributed by atoms with E-state index in [1.807, 2.05) is 0 Å². The smallest absolute Gasteiger partial charge is 0.254 e. The predicted molar refractivity (Wildman–Crippen MR) is 100 cm³/mol. The van der Waals surface area contributed by atoms with Gasteiger partial charge in [-0.1, -0.05) is 18.2 Å². The number of ether oxygens (including phenoxy) is 1. The summed E-state index contributed by atoms with van der Waals surface area (Å²) in [6.07, 6.45) is 0. The molecule has 8 heteroatoms. The predicted octanol–water partition coefficient (Wildman–Crippen LogP) is 2.33. The van der Waals surface area contributed by atoms with Crippen LogP contribution in [0.5, 0.6) is 0 Å². The van der Waals surface area contributed by atoms with Crippen molar-refractivity contribution < 1.29 is 22.3 Å². The average molecular weight is 394 g/mol. The van der Waals surface area contributed by atoms with Crippen LogP contribution in [0.2, 0.25) is 0 Å². The van der Waals surface area contributed by atoms with Crippen molar-refractivity contribution in [2.24, 2.45) is 0 Å². The number of amides is 1. The highest BCUT2D eigenvalue weighted by Crippen LogP contribution is 2.18. The van der Waals surface area contributed by atoms with Crippen LogP contribution in [-0.4, -0.2) is 46.5 Å². The lowest BCUT2D eigenvalue weighted by atomic mass is 10.1. The van der Waals surface area contributed by atoms with Gasteiger partial charge < -0.3 is 9.64 Å². The molecule has 2 aromatic carbocycles. The molecule has 0 saturated heterocycles. The first-order valence-electron chi connectivity index (χ1n) is 8.34. The van der Waals surface area contributed by atoms with E-state index >= 15 is 0 Å². The third-order valence-corrected chi connectivity index (χ3v) is 5.46. The summed E-state index contributed by atoms with van der Waals surface area (Å²) in [6.45, 7) is 2.32. The third-order valence-electron chi connectivity index (χ3n) is 4.00. The number of halogens is 1. The molecule has 0 aromatic heterocycles. The molecular formula is C19H23FN2O4S. The number of hydrogen-bond donors (Lipinski definition) is 1. The Balaban J connectivity index is 2.22. The molecule has 2 rings (SSSR count). The quantitative estimate of drug-likeness (QED) is 0.698. The van der Waals surface area contributed by atoms with E-state index in [1.165, 1.54) is 36.3 Å². The van der Waals surface area contributed by atoms with Gasteiger partial charge in [0.15, 0.2) is 0 Å². The van der Waals surface area contributed by atoms with Crippen LogP contribution in [0.3, 0.4) is 0 Å². The molecule has 27 heavy (non-hydrogen) atoms. The summed E-state index contributed by atoms with van der Waals surface area (Å²) in [6, 6.07) is 10.4. The van der Waals surface area contributed by atoms with E-state index in [0.717, 1.165) is 0 Å². The zero-order valence-corrected chi connectivity index (χ0v) is 16.3. The van der Waals surface area contributed by atoms with Crippen LogP contribution in [0.1, 0.15) is 21.5 Å². The topological polar surface area (TPSA) is 75.7 Å². The van der Waals surface area contributed by atoms with Crippen molar-refractivity contribution in [1.29, 1.82) is 0 Å². The lowest BCUT2D eigenvalue weighted by molar-refractivity contribution is 0.0784. The number of carbonyl (C=O) groups excluding carboxylic acids is 1. The van der Waals surface area contributed by atoms with E-state index in [2.05, 4.69) is 4.72 Å². The van der Waals surface area contributed by atoms with Gasteiger partial charge in [-0.25, -0.2) is 17.5 Å². The number of rotatable bonds is 8. The minimum absolute atomic E-state index is 0.00621. The van der Waals surface area contributed by atoms with E-state index in [4.69, 9.17) is 4.74 Å². The summed E-state index contributed by atoms with van der Waals surface area (Å²) in [5, 5.41) is 0. The minimum atomic E-state index is -3.75. The van der Waals surface area contributed by atoms with Gasteiger partial charge in [0, 0.05) is 32.8 Å². The molecule has 0 spiro atoms. The minimum Gasteiger partial charge on any atom is -0.383 e. The van der Waals surface area contributed by atoms with E-state index in [-0.39, 0.29) is 41.9 Å². The molecule has 0 aliphatic carbocycles. The number of carbonyl (C=O) groups is 1. The van der Waals surface area contributed by atoms with Crippen LogP contribution in [0.25, 0.3) is 0 Å². The van der Waals surface area contributed by atoms with Gasteiger partial charge in [-0.3, -0.25) is 4.79 Å². The first-order valence-corrected chi connectivity index (χ1v) is 9.82. The molecule has 1 amide bonds. The Bertz CT molecular complexity index is 916. The van der Waals surface area contributed by atoms with Gasteiger partial charge >= 0.3 is 0 Å². The first kappa shape index (κ1) is 21.0. The summed E-state index contributed by atoms with van der Waals surface area (Å²) in [5.74, 6) is -0.717. The standard InChI is InChI=1S/C19H23FN2O4S/c1-14-7-8-17(27(24,25)21-9-10-26-3)12-18(14)19(23)22(2)13-15-5-4-6-16(20)11-15/h4-8,11-12,21H,9-10,13H2,1-3H3. The molecule has 0 radical (unpaired) electrons. The Labute approximate surface area is 159 Å². The fraction of sp³-hybridized carbons (Fsp3) is 0.316. The normalized spacial score (nSPS) is 11.4. The second kappa shape index (κ2) is 9.07. The number of nitrogens with one attached hydrogen (secondary N) is 1. The van der Waals surface area contributed by atoms with Gasteiger partial charge in [-0.2, -0.15) is 0 Å². The molecule has 0 saturated carbocycles. The maximum absolute atomic E-state index is 13.3. The summed E-state index contributed by atoms with van der Waals surface area (Å²) in [5.41, 5.74) is 1.58. The zero-order valence-electron chi connectivity index (χ0n) is 15.5. The number of hydrogen-bond acceptors (Lipinski definition) is 4. The second-order valence-corrected chi connectivity index (χ2v) is 7.93. The summed E-state index contributed by atoms with van der Waals surface area (Å²) in [7, 11) is -0.680.